The molecule has 0 aromatic heterocycles. The van der Waals surface area contributed by atoms with Gasteiger partial charge in [-0.1, -0.05) is 25.0 Å². The second-order valence-corrected chi connectivity index (χ2v) is 5.77. The van der Waals surface area contributed by atoms with E-state index in [0.29, 0.717) is 0 Å². The average Bonchev–Trinajstić information content (AvgIpc) is 3.09. The van der Waals surface area contributed by atoms with Crippen molar-refractivity contribution >= 4 is 0 Å². The summed E-state index contributed by atoms with van der Waals surface area (Å²) in [5.74, 6) is 6.90. The molecule has 0 amide bonds. The Balaban J connectivity index is 1.92. The molecule has 1 saturated carbocycles. The first-order chi connectivity index (χ1) is 9.79. The van der Waals surface area contributed by atoms with Crippen LogP contribution in [-0.2, 0) is 11.2 Å². The van der Waals surface area contributed by atoms with Crippen LogP contribution >= 0.6 is 0 Å². The van der Waals surface area contributed by atoms with Crippen molar-refractivity contribution in [3.63, 3.8) is 0 Å². The zero-order valence-corrected chi connectivity index (χ0v) is 12.2. The molecule has 0 bridgehead atoms. The van der Waals surface area contributed by atoms with Crippen molar-refractivity contribution in [2.75, 3.05) is 13.2 Å². The van der Waals surface area contributed by atoms with E-state index in [4.69, 9.17) is 15.3 Å². The zero-order chi connectivity index (χ0) is 14.0. The summed E-state index contributed by atoms with van der Waals surface area (Å²) in [6, 6.07) is 6.46. The third-order valence-electron chi connectivity index (χ3n) is 4.62. The SMILES string of the molecule is CCOC1(C(NN)c2ccc3c(c2)CCO3)CCCC1. The summed E-state index contributed by atoms with van der Waals surface area (Å²) in [7, 11) is 0. The number of hydrogen-bond acceptors (Lipinski definition) is 4. The highest BCUT2D eigenvalue weighted by Gasteiger charge is 2.42. The van der Waals surface area contributed by atoms with Crippen molar-refractivity contribution in [2.24, 2.45) is 5.84 Å². The van der Waals surface area contributed by atoms with E-state index in [0.717, 1.165) is 38.2 Å². The van der Waals surface area contributed by atoms with Crippen LogP contribution in [-0.4, -0.2) is 18.8 Å². The second kappa shape index (κ2) is 5.72. The Bertz CT molecular complexity index is 470. The summed E-state index contributed by atoms with van der Waals surface area (Å²) < 4.78 is 11.7. The molecule has 2 aliphatic rings. The van der Waals surface area contributed by atoms with Crippen LogP contribution in [0.1, 0.15) is 49.8 Å². The summed E-state index contributed by atoms with van der Waals surface area (Å²) >= 11 is 0. The number of hydrazine groups is 1. The Kier molecular flexibility index (Phi) is 3.96. The molecule has 4 nitrogen and oxygen atoms in total. The van der Waals surface area contributed by atoms with Gasteiger partial charge in [0.15, 0.2) is 0 Å². The number of nitrogens with one attached hydrogen (secondary N) is 1. The normalized spacial score (nSPS) is 21.5. The molecule has 1 heterocycles. The lowest BCUT2D eigenvalue weighted by Gasteiger charge is -2.37. The van der Waals surface area contributed by atoms with Crippen LogP contribution in [0, 0.1) is 0 Å². The third-order valence-corrected chi connectivity index (χ3v) is 4.62. The minimum Gasteiger partial charge on any atom is -0.493 e. The van der Waals surface area contributed by atoms with Crippen LogP contribution in [0.5, 0.6) is 5.75 Å². The summed E-state index contributed by atoms with van der Waals surface area (Å²) in [4.78, 5) is 0. The molecule has 0 spiro atoms. The van der Waals surface area contributed by atoms with Crippen LogP contribution < -0.4 is 16.0 Å². The lowest BCUT2D eigenvalue weighted by molar-refractivity contribution is -0.0627. The lowest BCUT2D eigenvalue weighted by atomic mass is 9.86. The van der Waals surface area contributed by atoms with Gasteiger partial charge in [-0.15, -0.1) is 0 Å². The summed E-state index contributed by atoms with van der Waals surface area (Å²) in [6.45, 7) is 3.58. The molecular weight excluding hydrogens is 252 g/mol. The number of nitrogens with two attached hydrogens (primary N) is 1. The maximum Gasteiger partial charge on any atom is 0.122 e. The number of benzene rings is 1. The molecule has 0 saturated heterocycles. The first kappa shape index (κ1) is 13.9. The predicted molar refractivity (Wildman–Crippen MR) is 78.5 cm³/mol. The smallest absolute Gasteiger partial charge is 0.122 e. The van der Waals surface area contributed by atoms with E-state index < -0.39 is 0 Å². The summed E-state index contributed by atoms with van der Waals surface area (Å²) in [5, 5.41) is 0. The zero-order valence-electron chi connectivity index (χ0n) is 12.2. The van der Waals surface area contributed by atoms with Crippen LogP contribution in [0.2, 0.25) is 0 Å². The van der Waals surface area contributed by atoms with E-state index in [1.54, 1.807) is 0 Å². The van der Waals surface area contributed by atoms with Gasteiger partial charge >= 0.3 is 0 Å². The molecule has 3 rings (SSSR count). The Hall–Kier alpha value is -1.10. The van der Waals surface area contributed by atoms with E-state index in [2.05, 4.69) is 30.5 Å². The Morgan fingerprint density at radius 1 is 1.40 bits per heavy atom. The standard InChI is InChI=1S/C16H24N2O2/c1-2-20-16(8-3-4-9-16)15(18-17)13-5-6-14-12(11-13)7-10-19-14/h5-6,11,15,18H,2-4,7-10,17H2,1H3. The molecule has 4 heteroatoms. The topological polar surface area (TPSA) is 56.5 Å². The van der Waals surface area contributed by atoms with Gasteiger partial charge < -0.3 is 9.47 Å². The van der Waals surface area contributed by atoms with E-state index in [-0.39, 0.29) is 11.6 Å². The quantitative estimate of drug-likeness (QED) is 0.641. The van der Waals surface area contributed by atoms with E-state index in [1.807, 2.05) is 0 Å². The summed E-state index contributed by atoms with van der Waals surface area (Å²) in [5.41, 5.74) is 5.36. The second-order valence-electron chi connectivity index (χ2n) is 5.77. The van der Waals surface area contributed by atoms with Crippen molar-refractivity contribution in [1.29, 1.82) is 0 Å². The molecule has 20 heavy (non-hydrogen) atoms. The maximum atomic E-state index is 6.14. The Morgan fingerprint density at radius 2 is 2.20 bits per heavy atom. The van der Waals surface area contributed by atoms with Crippen LogP contribution in [0.3, 0.4) is 0 Å². The molecule has 1 aromatic carbocycles. The van der Waals surface area contributed by atoms with Gasteiger partial charge in [-0.2, -0.15) is 0 Å². The molecule has 0 radical (unpaired) electrons. The molecule has 3 N–H and O–H groups in total. The fraction of sp³-hybridized carbons (Fsp3) is 0.625. The van der Waals surface area contributed by atoms with E-state index >= 15 is 0 Å². The minimum atomic E-state index is -0.156. The van der Waals surface area contributed by atoms with Gasteiger partial charge in [-0.3, -0.25) is 11.3 Å². The lowest BCUT2D eigenvalue weighted by Crippen LogP contribution is -2.47. The third kappa shape index (κ3) is 2.32. The molecule has 1 atom stereocenters. The van der Waals surface area contributed by atoms with Crippen LogP contribution in [0.4, 0.5) is 0 Å². The van der Waals surface area contributed by atoms with Gasteiger partial charge in [0.1, 0.15) is 5.75 Å². The maximum absolute atomic E-state index is 6.14. The highest BCUT2D eigenvalue weighted by Crippen LogP contribution is 2.43. The highest BCUT2D eigenvalue weighted by atomic mass is 16.5. The monoisotopic (exact) mass is 276 g/mol. The Labute approximate surface area is 120 Å². The van der Waals surface area contributed by atoms with E-state index in [1.165, 1.54) is 24.0 Å². The first-order valence-corrected chi connectivity index (χ1v) is 7.65. The number of hydrogen-bond donors (Lipinski definition) is 2. The Morgan fingerprint density at radius 3 is 2.90 bits per heavy atom. The van der Waals surface area contributed by atoms with Crippen LogP contribution in [0.15, 0.2) is 18.2 Å². The molecule has 1 fully saturated rings. The fourth-order valence-electron chi connectivity index (χ4n) is 3.72. The molecule has 1 aliphatic carbocycles. The average molecular weight is 276 g/mol. The van der Waals surface area contributed by atoms with Crippen molar-refractivity contribution < 1.29 is 9.47 Å². The highest BCUT2D eigenvalue weighted by molar-refractivity contribution is 5.41. The van der Waals surface area contributed by atoms with Crippen molar-refractivity contribution in [1.82, 2.24) is 5.43 Å². The van der Waals surface area contributed by atoms with Gasteiger partial charge in [0, 0.05) is 13.0 Å². The van der Waals surface area contributed by atoms with Gasteiger partial charge in [0.2, 0.25) is 0 Å². The molecule has 110 valence electrons. The number of ether oxygens (including phenoxy) is 2. The number of fused-ring (bicyclic) bond motifs is 1. The van der Waals surface area contributed by atoms with Crippen LogP contribution in [0.25, 0.3) is 0 Å². The van der Waals surface area contributed by atoms with Crippen molar-refractivity contribution in [2.45, 2.75) is 50.7 Å². The predicted octanol–water partition coefficient (Wildman–Crippen LogP) is 2.48. The largest absolute Gasteiger partial charge is 0.493 e. The summed E-state index contributed by atoms with van der Waals surface area (Å²) in [6.07, 6.45) is 5.56. The van der Waals surface area contributed by atoms with Gasteiger partial charge in [-0.25, -0.2) is 0 Å². The van der Waals surface area contributed by atoms with Crippen molar-refractivity contribution in [3.8, 4) is 5.75 Å². The number of rotatable bonds is 5. The fourth-order valence-corrected chi connectivity index (χ4v) is 3.72. The van der Waals surface area contributed by atoms with Gasteiger partial charge in [0.25, 0.3) is 0 Å². The van der Waals surface area contributed by atoms with Gasteiger partial charge in [0.05, 0.1) is 18.2 Å². The first-order valence-electron chi connectivity index (χ1n) is 7.65. The molecule has 1 aromatic rings. The molecular formula is C16H24N2O2. The van der Waals surface area contributed by atoms with Gasteiger partial charge in [-0.05, 0) is 37.0 Å². The molecule has 1 unspecified atom stereocenters. The minimum absolute atomic E-state index is 0.0517. The van der Waals surface area contributed by atoms with Crippen molar-refractivity contribution in [3.05, 3.63) is 29.3 Å². The van der Waals surface area contributed by atoms with E-state index in [9.17, 15) is 0 Å². The molecule has 1 aliphatic heterocycles.